The van der Waals surface area contributed by atoms with E-state index in [0.717, 1.165) is 31.4 Å². The highest BCUT2D eigenvalue weighted by Gasteiger charge is 2.16. The summed E-state index contributed by atoms with van der Waals surface area (Å²) in [6, 6.07) is 2.34. The van der Waals surface area contributed by atoms with Crippen molar-refractivity contribution in [3.63, 3.8) is 0 Å². The van der Waals surface area contributed by atoms with Crippen LogP contribution in [-0.2, 0) is 4.53 Å². The molecule has 0 aromatic carbocycles. The van der Waals surface area contributed by atoms with Crippen LogP contribution in [0.4, 0.5) is 0 Å². The lowest BCUT2D eigenvalue weighted by Gasteiger charge is -2.14. The predicted molar refractivity (Wildman–Crippen MR) is 70.8 cm³/mol. The van der Waals surface area contributed by atoms with Crippen LogP contribution in [0.25, 0.3) is 0 Å². The van der Waals surface area contributed by atoms with Crippen molar-refractivity contribution in [2.24, 2.45) is 11.1 Å². The lowest BCUT2D eigenvalue weighted by molar-refractivity contribution is 0.333. The molecule has 0 saturated carbocycles. The lowest BCUT2D eigenvalue weighted by atomic mass is 9.98. The standard InChI is InChI=1S/C12H24N2OSi/c1-6-7-12(10-13)9-8-11(2)14-15-16(3,4)5/h12H,6-9H2,1-5H3. The van der Waals surface area contributed by atoms with Gasteiger partial charge in [0.2, 0.25) is 0 Å². The molecule has 1 unspecified atom stereocenters. The first-order valence-electron chi connectivity index (χ1n) is 6.00. The molecule has 0 N–H and O–H groups in total. The first-order valence-corrected chi connectivity index (χ1v) is 9.41. The summed E-state index contributed by atoms with van der Waals surface area (Å²) in [7, 11) is -1.55. The number of hydrogen-bond acceptors (Lipinski definition) is 3. The average Bonchev–Trinajstić information content (AvgIpc) is 2.20. The van der Waals surface area contributed by atoms with E-state index < -0.39 is 8.32 Å². The molecule has 0 bridgehead atoms. The smallest absolute Gasteiger partial charge is 0.278 e. The Bertz CT molecular complexity index is 263. The number of rotatable bonds is 7. The number of oxime groups is 1. The Kier molecular flexibility index (Phi) is 7.07. The molecule has 3 nitrogen and oxygen atoms in total. The van der Waals surface area contributed by atoms with E-state index in [1.54, 1.807) is 0 Å². The van der Waals surface area contributed by atoms with Crippen molar-refractivity contribution in [2.45, 2.75) is 59.2 Å². The van der Waals surface area contributed by atoms with Crippen LogP contribution in [0.15, 0.2) is 5.16 Å². The van der Waals surface area contributed by atoms with Gasteiger partial charge in [-0.25, -0.2) is 0 Å². The zero-order valence-electron chi connectivity index (χ0n) is 11.2. The summed E-state index contributed by atoms with van der Waals surface area (Å²) >= 11 is 0. The Morgan fingerprint density at radius 2 is 2.00 bits per heavy atom. The summed E-state index contributed by atoms with van der Waals surface area (Å²) in [5.41, 5.74) is 0.999. The third-order valence-electron chi connectivity index (χ3n) is 2.15. The van der Waals surface area contributed by atoms with Gasteiger partial charge < -0.3 is 4.53 Å². The maximum atomic E-state index is 8.91. The maximum absolute atomic E-state index is 8.91. The highest BCUT2D eigenvalue weighted by Crippen LogP contribution is 2.13. The minimum Gasteiger partial charge on any atom is -0.456 e. The van der Waals surface area contributed by atoms with Crippen LogP contribution in [0.3, 0.4) is 0 Å². The van der Waals surface area contributed by atoms with E-state index in [2.05, 4.69) is 37.8 Å². The molecule has 0 aliphatic rings. The molecule has 0 fully saturated rings. The third-order valence-corrected chi connectivity index (χ3v) is 2.79. The molecule has 0 radical (unpaired) electrons. The summed E-state index contributed by atoms with van der Waals surface area (Å²) in [6.45, 7) is 10.4. The number of hydrogen-bond donors (Lipinski definition) is 0. The summed E-state index contributed by atoms with van der Waals surface area (Å²) < 4.78 is 5.46. The van der Waals surface area contributed by atoms with Crippen LogP contribution >= 0.6 is 0 Å². The molecule has 0 aliphatic carbocycles. The SMILES string of the molecule is CCCC(C#N)CCC(C)=NO[Si](C)(C)C. The van der Waals surface area contributed by atoms with Crippen LogP contribution in [0.5, 0.6) is 0 Å². The van der Waals surface area contributed by atoms with Crippen molar-refractivity contribution in [1.29, 1.82) is 5.26 Å². The fourth-order valence-corrected chi connectivity index (χ4v) is 1.70. The van der Waals surface area contributed by atoms with Crippen molar-refractivity contribution in [1.82, 2.24) is 0 Å². The quantitative estimate of drug-likeness (QED) is 0.384. The van der Waals surface area contributed by atoms with Gasteiger partial charge in [-0.05, 0) is 45.8 Å². The van der Waals surface area contributed by atoms with E-state index in [9.17, 15) is 0 Å². The molecule has 0 spiro atoms. The van der Waals surface area contributed by atoms with Crippen LogP contribution in [0.2, 0.25) is 19.6 Å². The van der Waals surface area contributed by atoms with E-state index in [1.807, 2.05) is 6.92 Å². The van der Waals surface area contributed by atoms with E-state index in [1.165, 1.54) is 0 Å². The molecule has 0 aliphatic heterocycles. The van der Waals surface area contributed by atoms with Gasteiger partial charge in [-0.3, -0.25) is 0 Å². The molecule has 0 heterocycles. The Labute approximate surface area is 101 Å². The molecule has 1 atom stereocenters. The second-order valence-corrected chi connectivity index (χ2v) is 9.59. The van der Waals surface area contributed by atoms with E-state index >= 15 is 0 Å². The minimum absolute atomic E-state index is 0.169. The monoisotopic (exact) mass is 240 g/mol. The molecule has 92 valence electrons. The normalized spacial score (nSPS) is 14.4. The average molecular weight is 240 g/mol. The number of nitrogens with zero attached hydrogens (tertiary/aromatic N) is 2. The van der Waals surface area contributed by atoms with Gasteiger partial charge in [0.15, 0.2) is 0 Å². The molecule has 0 rings (SSSR count). The van der Waals surface area contributed by atoms with Gasteiger partial charge in [-0.2, -0.15) is 5.26 Å². The molecule has 4 heteroatoms. The fraction of sp³-hybridized carbons (Fsp3) is 0.833. The van der Waals surface area contributed by atoms with Crippen LogP contribution < -0.4 is 0 Å². The Morgan fingerprint density at radius 3 is 2.44 bits per heavy atom. The van der Waals surface area contributed by atoms with Crippen molar-refractivity contribution >= 4 is 14.0 Å². The Hall–Kier alpha value is -0.823. The zero-order valence-corrected chi connectivity index (χ0v) is 12.2. The predicted octanol–water partition coefficient (Wildman–Crippen LogP) is 3.93. The van der Waals surface area contributed by atoms with E-state index in [4.69, 9.17) is 9.79 Å². The summed E-state index contributed by atoms with van der Waals surface area (Å²) in [4.78, 5) is 0. The highest BCUT2D eigenvalue weighted by atomic mass is 28.4. The summed E-state index contributed by atoms with van der Waals surface area (Å²) in [5, 5.41) is 13.0. The van der Waals surface area contributed by atoms with Crippen molar-refractivity contribution in [2.75, 3.05) is 0 Å². The molecule has 16 heavy (non-hydrogen) atoms. The summed E-state index contributed by atoms with van der Waals surface area (Å²) in [6.07, 6.45) is 3.82. The molecule has 0 aromatic heterocycles. The van der Waals surface area contributed by atoms with Gasteiger partial charge in [0.25, 0.3) is 8.32 Å². The van der Waals surface area contributed by atoms with Crippen LogP contribution in [-0.4, -0.2) is 14.0 Å². The second-order valence-electron chi connectivity index (χ2n) is 5.18. The van der Waals surface area contributed by atoms with Gasteiger partial charge in [-0.15, -0.1) is 5.16 Å². The first-order chi connectivity index (χ1) is 7.39. The third kappa shape index (κ3) is 8.48. The maximum Gasteiger partial charge on any atom is 0.278 e. The van der Waals surface area contributed by atoms with Gasteiger partial charge in [0, 0.05) is 5.92 Å². The molecular formula is C12H24N2OSi. The first kappa shape index (κ1) is 15.2. The number of nitriles is 1. The van der Waals surface area contributed by atoms with Crippen LogP contribution in [0, 0.1) is 17.2 Å². The second kappa shape index (κ2) is 7.45. The van der Waals surface area contributed by atoms with Gasteiger partial charge in [-0.1, -0.05) is 13.3 Å². The minimum atomic E-state index is -1.55. The largest absolute Gasteiger partial charge is 0.456 e. The van der Waals surface area contributed by atoms with Crippen molar-refractivity contribution in [3.8, 4) is 6.07 Å². The molecule has 0 saturated heterocycles. The highest BCUT2D eigenvalue weighted by molar-refractivity contribution is 6.69. The Balaban J connectivity index is 3.96. The zero-order chi connectivity index (χ0) is 12.6. The summed E-state index contributed by atoms with van der Waals surface area (Å²) in [5.74, 6) is 0.169. The molecule has 0 aromatic rings. The van der Waals surface area contributed by atoms with E-state index in [-0.39, 0.29) is 5.92 Å². The van der Waals surface area contributed by atoms with Gasteiger partial charge >= 0.3 is 0 Å². The van der Waals surface area contributed by atoms with Gasteiger partial charge in [0.1, 0.15) is 0 Å². The topological polar surface area (TPSA) is 45.4 Å². The van der Waals surface area contributed by atoms with Crippen molar-refractivity contribution in [3.05, 3.63) is 0 Å². The Morgan fingerprint density at radius 1 is 1.38 bits per heavy atom. The molecular weight excluding hydrogens is 216 g/mol. The van der Waals surface area contributed by atoms with Gasteiger partial charge in [0.05, 0.1) is 11.8 Å². The fourth-order valence-electron chi connectivity index (χ4n) is 1.27. The van der Waals surface area contributed by atoms with Crippen molar-refractivity contribution < 1.29 is 4.53 Å². The van der Waals surface area contributed by atoms with E-state index in [0.29, 0.717) is 0 Å². The lowest BCUT2D eigenvalue weighted by Crippen LogP contribution is -2.22. The molecule has 0 amide bonds. The van der Waals surface area contributed by atoms with Crippen LogP contribution in [0.1, 0.15) is 39.5 Å².